The first-order chi connectivity index (χ1) is 18.4. The number of ether oxygens (including phenoxy) is 2. The van der Waals surface area contributed by atoms with Crippen molar-refractivity contribution >= 4 is 54.1 Å². The van der Waals surface area contributed by atoms with Gasteiger partial charge in [0.05, 0.1) is 11.8 Å². The molecule has 5 rings (SSSR count). The number of hydrogen-bond donors (Lipinski definition) is 0. The molecule has 0 fully saturated rings. The average molecular weight is 588 g/mol. The molecular formula is C33H31BrO3S. The van der Waals surface area contributed by atoms with Crippen molar-refractivity contribution in [3.63, 3.8) is 0 Å². The molecule has 4 aromatic carbocycles. The summed E-state index contributed by atoms with van der Waals surface area (Å²) in [4.78, 5) is 14.0. The van der Waals surface area contributed by atoms with Crippen molar-refractivity contribution in [2.75, 3.05) is 7.11 Å². The van der Waals surface area contributed by atoms with Gasteiger partial charge in [0.1, 0.15) is 5.75 Å². The Labute approximate surface area is 236 Å². The van der Waals surface area contributed by atoms with Crippen LogP contribution in [-0.2, 0) is 22.4 Å². The second kappa shape index (κ2) is 11.3. The van der Waals surface area contributed by atoms with Gasteiger partial charge in [-0.3, -0.25) is 0 Å². The summed E-state index contributed by atoms with van der Waals surface area (Å²) >= 11 is 5.75. The van der Waals surface area contributed by atoms with Crippen LogP contribution in [0.15, 0.2) is 77.3 Å². The minimum Gasteiger partial charge on any atom is -0.478 e. The summed E-state index contributed by atoms with van der Waals surface area (Å²) in [6, 6.07) is 24.9. The highest BCUT2D eigenvalue weighted by Gasteiger charge is 2.24. The molecule has 0 amide bonds. The van der Waals surface area contributed by atoms with Gasteiger partial charge in [0.2, 0.25) is 0 Å². The number of carbonyl (C=O) groups is 1. The number of halogens is 1. The molecule has 0 N–H and O–H groups in total. The highest BCUT2D eigenvalue weighted by molar-refractivity contribution is 9.11. The van der Waals surface area contributed by atoms with E-state index >= 15 is 0 Å². The third-order valence-electron chi connectivity index (χ3n) is 7.13. The van der Waals surface area contributed by atoms with Crippen molar-refractivity contribution in [3.8, 4) is 16.9 Å². The third-order valence-corrected chi connectivity index (χ3v) is 9.44. The van der Waals surface area contributed by atoms with Crippen LogP contribution in [0.5, 0.6) is 5.75 Å². The number of carbonyl (C=O) groups excluding carboxylic acids is 1. The number of benzene rings is 4. The molecule has 0 spiro atoms. The number of aryl methyl sites for hydroxylation is 3. The molecular weight excluding hydrogens is 556 g/mol. The molecule has 5 heteroatoms. The normalized spacial score (nSPS) is 12.1. The zero-order chi connectivity index (χ0) is 26.8. The number of methoxy groups -OCH3 is 1. The number of thiophene rings is 1. The second-order valence-corrected chi connectivity index (χ2v) is 11.6. The molecule has 0 radical (unpaired) electrons. The Morgan fingerprint density at radius 1 is 0.974 bits per heavy atom. The SMILES string of the molecule is CCCc1cc(-c2c3ccccc3c(Br)c3sc(C)c(C)c23)ccc1O[C@H](Cc1ccccc1)C(=O)OC. The quantitative estimate of drug-likeness (QED) is 0.170. The van der Waals surface area contributed by atoms with Crippen LogP contribution in [0.4, 0.5) is 0 Å². The van der Waals surface area contributed by atoms with Crippen LogP contribution in [0.1, 0.15) is 34.9 Å². The van der Waals surface area contributed by atoms with E-state index in [1.165, 1.54) is 44.0 Å². The Balaban J connectivity index is 1.64. The van der Waals surface area contributed by atoms with Crippen LogP contribution in [0.25, 0.3) is 32.0 Å². The van der Waals surface area contributed by atoms with Crippen LogP contribution in [-0.4, -0.2) is 19.2 Å². The topological polar surface area (TPSA) is 35.5 Å². The van der Waals surface area contributed by atoms with Gasteiger partial charge in [-0.1, -0.05) is 74.0 Å². The lowest BCUT2D eigenvalue weighted by molar-refractivity contribution is -0.148. The third kappa shape index (κ3) is 4.97. The summed E-state index contributed by atoms with van der Waals surface area (Å²) in [7, 11) is 1.41. The summed E-state index contributed by atoms with van der Waals surface area (Å²) in [6.45, 7) is 6.58. The van der Waals surface area contributed by atoms with Crippen LogP contribution >= 0.6 is 27.3 Å². The maximum Gasteiger partial charge on any atom is 0.347 e. The monoisotopic (exact) mass is 586 g/mol. The Bertz CT molecular complexity index is 1620. The van der Waals surface area contributed by atoms with Crippen molar-refractivity contribution in [3.05, 3.63) is 98.8 Å². The summed E-state index contributed by atoms with van der Waals surface area (Å²) in [5, 5.41) is 3.73. The van der Waals surface area contributed by atoms with Crippen molar-refractivity contribution in [1.82, 2.24) is 0 Å². The van der Waals surface area contributed by atoms with Gasteiger partial charge in [-0.05, 0) is 86.9 Å². The fourth-order valence-electron chi connectivity index (χ4n) is 5.13. The maximum atomic E-state index is 12.7. The largest absolute Gasteiger partial charge is 0.478 e. The molecule has 0 saturated carbocycles. The highest BCUT2D eigenvalue weighted by atomic mass is 79.9. The molecule has 0 aliphatic rings. The van der Waals surface area contributed by atoms with E-state index in [9.17, 15) is 4.79 Å². The van der Waals surface area contributed by atoms with Crippen LogP contribution in [0.3, 0.4) is 0 Å². The van der Waals surface area contributed by atoms with Crippen molar-refractivity contribution in [1.29, 1.82) is 0 Å². The molecule has 0 bridgehead atoms. The number of esters is 1. The molecule has 0 aliphatic carbocycles. The lowest BCUT2D eigenvalue weighted by Gasteiger charge is -2.21. The van der Waals surface area contributed by atoms with Gasteiger partial charge >= 0.3 is 5.97 Å². The Hall–Kier alpha value is -3.15. The van der Waals surface area contributed by atoms with Gasteiger partial charge in [-0.15, -0.1) is 11.3 Å². The van der Waals surface area contributed by atoms with Gasteiger partial charge in [-0.25, -0.2) is 4.79 Å². The zero-order valence-corrected chi connectivity index (χ0v) is 24.5. The maximum absolute atomic E-state index is 12.7. The molecule has 0 aliphatic heterocycles. The molecule has 0 unspecified atom stereocenters. The van der Waals surface area contributed by atoms with E-state index in [4.69, 9.17) is 9.47 Å². The average Bonchev–Trinajstić information content (AvgIpc) is 3.24. The van der Waals surface area contributed by atoms with E-state index in [-0.39, 0.29) is 5.97 Å². The summed E-state index contributed by atoms with van der Waals surface area (Å²) < 4.78 is 13.9. The standard InChI is InChI=1S/C33H31BrO3S/c1-5-11-23-19-24(16-17-27(23)37-28(33(35)36-4)18-22-12-7-6-8-13-22)30-25-14-9-10-15-26(25)31(34)32-29(30)20(2)21(3)38-32/h6-10,12-17,19,28H,5,11,18H2,1-4H3/t28-/m1/s1. The zero-order valence-electron chi connectivity index (χ0n) is 22.1. The van der Waals surface area contributed by atoms with Gasteiger partial charge < -0.3 is 9.47 Å². The Morgan fingerprint density at radius 2 is 1.68 bits per heavy atom. The minimum atomic E-state index is -0.717. The van der Waals surface area contributed by atoms with E-state index in [1.807, 2.05) is 47.7 Å². The van der Waals surface area contributed by atoms with Gasteiger partial charge in [0, 0.05) is 21.2 Å². The fraction of sp³-hybridized carbons (Fsp3) is 0.242. The van der Waals surface area contributed by atoms with Crippen molar-refractivity contribution in [2.45, 2.75) is 46.1 Å². The summed E-state index contributed by atoms with van der Waals surface area (Å²) in [6.07, 6.45) is 1.55. The molecule has 5 aromatic rings. The first-order valence-electron chi connectivity index (χ1n) is 12.9. The lowest BCUT2D eigenvalue weighted by Crippen LogP contribution is -2.31. The molecule has 1 aromatic heterocycles. The molecule has 1 heterocycles. The van der Waals surface area contributed by atoms with Gasteiger partial charge in [0.25, 0.3) is 0 Å². The predicted molar refractivity (Wildman–Crippen MR) is 163 cm³/mol. The number of rotatable bonds is 8. The van der Waals surface area contributed by atoms with E-state index < -0.39 is 6.10 Å². The number of hydrogen-bond acceptors (Lipinski definition) is 4. The Kier molecular flexibility index (Phi) is 7.87. The first-order valence-corrected chi connectivity index (χ1v) is 14.6. The molecule has 3 nitrogen and oxygen atoms in total. The highest BCUT2D eigenvalue weighted by Crippen LogP contribution is 2.47. The number of fused-ring (bicyclic) bond motifs is 2. The first kappa shape index (κ1) is 26.5. The second-order valence-electron chi connectivity index (χ2n) is 9.61. The van der Waals surface area contributed by atoms with Crippen LogP contribution < -0.4 is 4.74 Å². The van der Waals surface area contributed by atoms with E-state index in [2.05, 4.69) is 73.1 Å². The van der Waals surface area contributed by atoms with Gasteiger partial charge in [-0.2, -0.15) is 0 Å². The van der Waals surface area contributed by atoms with Crippen molar-refractivity contribution < 1.29 is 14.3 Å². The molecule has 194 valence electrons. The summed E-state index contributed by atoms with van der Waals surface area (Å²) in [5.41, 5.74) is 5.85. The molecule has 38 heavy (non-hydrogen) atoms. The molecule has 0 saturated heterocycles. The van der Waals surface area contributed by atoms with Crippen LogP contribution in [0.2, 0.25) is 0 Å². The van der Waals surface area contributed by atoms with E-state index in [0.29, 0.717) is 6.42 Å². The predicted octanol–water partition coefficient (Wildman–Crippen LogP) is 9.22. The van der Waals surface area contributed by atoms with E-state index in [1.54, 1.807) is 0 Å². The molecule has 1 atom stereocenters. The lowest BCUT2D eigenvalue weighted by atomic mass is 9.91. The minimum absolute atomic E-state index is 0.370. The fourth-order valence-corrected chi connectivity index (χ4v) is 7.04. The van der Waals surface area contributed by atoms with E-state index in [0.717, 1.165) is 39.8 Å². The van der Waals surface area contributed by atoms with Crippen LogP contribution in [0, 0.1) is 13.8 Å². The Morgan fingerprint density at radius 3 is 2.39 bits per heavy atom. The smallest absolute Gasteiger partial charge is 0.347 e. The van der Waals surface area contributed by atoms with Gasteiger partial charge in [0.15, 0.2) is 6.10 Å². The van der Waals surface area contributed by atoms with Crippen molar-refractivity contribution in [2.24, 2.45) is 0 Å². The summed E-state index contributed by atoms with van der Waals surface area (Å²) in [5.74, 6) is 0.364.